The molecule has 5 heteroatoms. The molecule has 1 aromatic rings. The molecule has 1 atom stereocenters. The van der Waals surface area contributed by atoms with Crippen LogP contribution in [0.4, 0.5) is 0 Å². The van der Waals surface area contributed by atoms with E-state index in [2.05, 4.69) is 6.58 Å². The molecule has 1 aromatic carbocycles. The van der Waals surface area contributed by atoms with Crippen LogP contribution in [0.1, 0.15) is 42.5 Å². The lowest BCUT2D eigenvalue weighted by molar-refractivity contribution is -0.128. The smallest absolute Gasteiger partial charge is 0.254 e. The molecule has 0 radical (unpaired) electrons. The highest BCUT2D eigenvalue weighted by Gasteiger charge is 2.31. The third-order valence-corrected chi connectivity index (χ3v) is 4.96. The number of rotatable bonds is 6. The Labute approximate surface area is 149 Å². The first-order valence-corrected chi connectivity index (χ1v) is 9.11. The summed E-state index contributed by atoms with van der Waals surface area (Å²) in [6, 6.07) is 7.39. The molecule has 134 valence electrons. The number of benzene rings is 1. The highest BCUT2D eigenvalue weighted by atomic mass is 16.5. The number of ether oxygens (including phenoxy) is 1. The summed E-state index contributed by atoms with van der Waals surface area (Å²) < 4.78 is 5.47. The van der Waals surface area contributed by atoms with Crippen LogP contribution in [0.2, 0.25) is 0 Å². The Morgan fingerprint density at radius 3 is 2.68 bits per heavy atom. The third kappa shape index (κ3) is 4.21. The minimum Gasteiger partial charge on any atom is -0.490 e. The van der Waals surface area contributed by atoms with Crippen LogP contribution in [0.3, 0.4) is 0 Å². The Balaban J connectivity index is 1.67. The average Bonchev–Trinajstić information content (AvgIpc) is 3.05. The second-order valence-electron chi connectivity index (χ2n) is 6.72. The van der Waals surface area contributed by atoms with Gasteiger partial charge in [0, 0.05) is 37.7 Å². The van der Waals surface area contributed by atoms with Gasteiger partial charge in [0.2, 0.25) is 5.91 Å². The van der Waals surface area contributed by atoms with Crippen molar-refractivity contribution in [1.82, 2.24) is 9.80 Å². The standard InChI is InChI=1S/C20H26N2O3/c1-2-14-25-18-10-8-16(9-11-18)20(24)22-13-4-3-6-17(22)15-21-12-5-7-19(21)23/h2,8-11,17H,1,3-7,12-15H2/t17-/m1/s1. The van der Waals surface area contributed by atoms with Crippen LogP contribution in [0.15, 0.2) is 36.9 Å². The van der Waals surface area contributed by atoms with Crippen LogP contribution < -0.4 is 4.74 Å². The maximum absolute atomic E-state index is 13.0. The van der Waals surface area contributed by atoms with Gasteiger partial charge in [0.15, 0.2) is 0 Å². The zero-order valence-corrected chi connectivity index (χ0v) is 14.7. The van der Waals surface area contributed by atoms with Crippen molar-refractivity contribution >= 4 is 11.8 Å². The first-order chi connectivity index (χ1) is 12.2. The molecule has 2 saturated heterocycles. The summed E-state index contributed by atoms with van der Waals surface area (Å²) in [5.41, 5.74) is 0.672. The van der Waals surface area contributed by atoms with Crippen molar-refractivity contribution in [2.45, 2.75) is 38.1 Å². The number of piperidine rings is 1. The second kappa shape index (κ2) is 8.19. The van der Waals surface area contributed by atoms with Gasteiger partial charge in [-0.1, -0.05) is 12.7 Å². The molecule has 0 N–H and O–H groups in total. The fourth-order valence-electron chi connectivity index (χ4n) is 3.62. The Bertz CT molecular complexity index is 626. The molecule has 5 nitrogen and oxygen atoms in total. The molecule has 2 aliphatic rings. The van der Waals surface area contributed by atoms with Crippen molar-refractivity contribution in [3.05, 3.63) is 42.5 Å². The van der Waals surface area contributed by atoms with Crippen molar-refractivity contribution in [3.8, 4) is 5.75 Å². The fourth-order valence-corrected chi connectivity index (χ4v) is 3.62. The van der Waals surface area contributed by atoms with Gasteiger partial charge in [0.1, 0.15) is 12.4 Å². The summed E-state index contributed by atoms with van der Waals surface area (Å²) in [5.74, 6) is 1.00. The fraction of sp³-hybridized carbons (Fsp3) is 0.500. The van der Waals surface area contributed by atoms with Gasteiger partial charge >= 0.3 is 0 Å². The van der Waals surface area contributed by atoms with E-state index in [-0.39, 0.29) is 17.9 Å². The van der Waals surface area contributed by atoms with E-state index in [0.29, 0.717) is 25.1 Å². The molecule has 25 heavy (non-hydrogen) atoms. The highest BCUT2D eigenvalue weighted by molar-refractivity contribution is 5.94. The number of hydrogen-bond acceptors (Lipinski definition) is 3. The van der Waals surface area contributed by atoms with E-state index >= 15 is 0 Å². The molecular weight excluding hydrogens is 316 g/mol. The van der Waals surface area contributed by atoms with Gasteiger partial charge < -0.3 is 14.5 Å². The average molecular weight is 342 g/mol. The minimum atomic E-state index is 0.0478. The lowest BCUT2D eigenvalue weighted by Gasteiger charge is -2.38. The van der Waals surface area contributed by atoms with E-state index in [4.69, 9.17) is 4.74 Å². The number of carbonyl (C=O) groups excluding carboxylic acids is 2. The third-order valence-electron chi connectivity index (χ3n) is 4.96. The van der Waals surface area contributed by atoms with E-state index in [1.165, 1.54) is 0 Å². The van der Waals surface area contributed by atoms with Crippen molar-refractivity contribution in [3.63, 3.8) is 0 Å². The SMILES string of the molecule is C=CCOc1ccc(C(=O)N2CCCC[C@@H]2CN2CCCC2=O)cc1. The maximum atomic E-state index is 13.0. The number of amides is 2. The lowest BCUT2D eigenvalue weighted by atomic mass is 10.00. The molecule has 2 aliphatic heterocycles. The minimum absolute atomic E-state index is 0.0478. The van der Waals surface area contributed by atoms with E-state index < -0.39 is 0 Å². The summed E-state index contributed by atoms with van der Waals surface area (Å²) in [6.45, 7) is 6.34. The summed E-state index contributed by atoms with van der Waals surface area (Å²) in [6.07, 6.45) is 6.38. The maximum Gasteiger partial charge on any atom is 0.254 e. The Kier molecular flexibility index (Phi) is 5.74. The predicted molar refractivity (Wildman–Crippen MR) is 96.6 cm³/mol. The van der Waals surface area contributed by atoms with E-state index in [9.17, 15) is 9.59 Å². The van der Waals surface area contributed by atoms with Crippen LogP contribution in [0, 0.1) is 0 Å². The molecule has 0 bridgehead atoms. The van der Waals surface area contributed by atoms with Gasteiger partial charge in [-0.15, -0.1) is 0 Å². The topological polar surface area (TPSA) is 49.9 Å². The molecule has 3 rings (SSSR count). The zero-order chi connectivity index (χ0) is 17.6. The molecule has 2 fully saturated rings. The van der Waals surface area contributed by atoms with E-state index in [0.717, 1.165) is 44.5 Å². The molecule has 0 spiro atoms. The van der Waals surface area contributed by atoms with Gasteiger partial charge in [-0.3, -0.25) is 9.59 Å². The van der Waals surface area contributed by atoms with Crippen LogP contribution in [-0.2, 0) is 4.79 Å². The highest BCUT2D eigenvalue weighted by Crippen LogP contribution is 2.23. The largest absolute Gasteiger partial charge is 0.490 e. The van der Waals surface area contributed by atoms with E-state index in [1.807, 2.05) is 34.1 Å². The van der Waals surface area contributed by atoms with E-state index in [1.54, 1.807) is 6.08 Å². The van der Waals surface area contributed by atoms with Gasteiger partial charge in [0.05, 0.1) is 0 Å². The van der Waals surface area contributed by atoms with Gasteiger partial charge in [-0.25, -0.2) is 0 Å². The molecule has 2 amide bonds. The normalized spacial score (nSPS) is 20.6. The first-order valence-electron chi connectivity index (χ1n) is 9.11. The Morgan fingerprint density at radius 1 is 1.20 bits per heavy atom. The number of hydrogen-bond donors (Lipinski definition) is 0. The molecule has 0 saturated carbocycles. The number of carbonyl (C=O) groups is 2. The summed E-state index contributed by atoms with van der Waals surface area (Å²) >= 11 is 0. The van der Waals surface area contributed by atoms with Gasteiger partial charge in [-0.2, -0.15) is 0 Å². The number of nitrogens with zero attached hydrogens (tertiary/aromatic N) is 2. The van der Waals surface area contributed by atoms with Crippen molar-refractivity contribution in [1.29, 1.82) is 0 Å². The molecule has 0 aliphatic carbocycles. The zero-order valence-electron chi connectivity index (χ0n) is 14.7. The molecular formula is C20H26N2O3. The first kappa shape index (κ1) is 17.5. The second-order valence-corrected chi connectivity index (χ2v) is 6.72. The molecule has 0 unspecified atom stereocenters. The van der Waals surface area contributed by atoms with Crippen molar-refractivity contribution < 1.29 is 14.3 Å². The Morgan fingerprint density at radius 2 is 2.00 bits per heavy atom. The number of likely N-dealkylation sites (tertiary alicyclic amines) is 2. The van der Waals surface area contributed by atoms with Crippen molar-refractivity contribution in [2.75, 3.05) is 26.2 Å². The van der Waals surface area contributed by atoms with Crippen molar-refractivity contribution in [2.24, 2.45) is 0 Å². The summed E-state index contributed by atoms with van der Waals surface area (Å²) in [4.78, 5) is 28.7. The summed E-state index contributed by atoms with van der Waals surface area (Å²) in [5, 5.41) is 0. The van der Waals surface area contributed by atoms with Gasteiger partial charge in [0.25, 0.3) is 5.91 Å². The van der Waals surface area contributed by atoms with Crippen LogP contribution >= 0.6 is 0 Å². The predicted octanol–water partition coefficient (Wildman–Crippen LogP) is 2.87. The Hall–Kier alpha value is -2.30. The summed E-state index contributed by atoms with van der Waals surface area (Å²) in [7, 11) is 0. The lowest BCUT2D eigenvalue weighted by Crippen LogP contribution is -2.49. The van der Waals surface area contributed by atoms with Crippen LogP contribution in [-0.4, -0.2) is 53.9 Å². The van der Waals surface area contributed by atoms with Crippen LogP contribution in [0.5, 0.6) is 5.75 Å². The molecule has 0 aromatic heterocycles. The van der Waals surface area contributed by atoms with Gasteiger partial charge in [-0.05, 0) is 49.9 Å². The molecule has 2 heterocycles. The quantitative estimate of drug-likeness (QED) is 0.747. The monoisotopic (exact) mass is 342 g/mol. The van der Waals surface area contributed by atoms with Crippen LogP contribution in [0.25, 0.3) is 0 Å².